The first kappa shape index (κ1) is 19.2. The molecule has 1 aliphatic rings. The van der Waals surface area contributed by atoms with Crippen molar-refractivity contribution < 1.29 is 9.90 Å². The molecule has 4 aromatic heterocycles. The second kappa shape index (κ2) is 7.27. The van der Waals surface area contributed by atoms with Gasteiger partial charge in [-0.05, 0) is 49.7 Å². The topological polar surface area (TPSA) is 101 Å². The molecule has 9 heteroatoms. The first-order valence-electron chi connectivity index (χ1n) is 10.5. The Balaban J connectivity index is 1.55. The summed E-state index contributed by atoms with van der Waals surface area (Å²) in [6.07, 6.45) is 4.00. The molecule has 0 spiro atoms. The van der Waals surface area contributed by atoms with Crippen molar-refractivity contribution in [2.45, 2.75) is 13.3 Å². The molecule has 1 aromatic carbocycles. The number of aryl methyl sites for hydroxylation is 1. The number of pyridine rings is 2. The maximum absolute atomic E-state index is 13.5. The van der Waals surface area contributed by atoms with Gasteiger partial charge in [-0.15, -0.1) is 0 Å². The monoisotopic (exact) mass is 437 g/mol. The van der Waals surface area contributed by atoms with Gasteiger partial charge in [-0.2, -0.15) is 10.2 Å². The normalized spacial score (nSPS) is 13.5. The predicted octanol–water partition coefficient (Wildman–Crippen LogP) is 3.19. The van der Waals surface area contributed by atoms with Crippen molar-refractivity contribution >= 4 is 17.2 Å². The van der Waals surface area contributed by atoms with Crippen LogP contribution in [0.5, 0.6) is 5.75 Å². The van der Waals surface area contributed by atoms with E-state index in [-0.39, 0.29) is 11.7 Å². The summed E-state index contributed by atoms with van der Waals surface area (Å²) in [4.78, 5) is 24.0. The maximum Gasteiger partial charge on any atom is 0.279 e. The van der Waals surface area contributed by atoms with E-state index in [1.807, 2.05) is 43.5 Å². The van der Waals surface area contributed by atoms with Gasteiger partial charge >= 0.3 is 0 Å². The highest BCUT2D eigenvalue weighted by molar-refractivity contribution is 6.08. The minimum Gasteiger partial charge on any atom is -0.508 e. The van der Waals surface area contributed by atoms with Gasteiger partial charge in [-0.1, -0.05) is 12.1 Å². The van der Waals surface area contributed by atoms with Crippen LogP contribution >= 0.6 is 0 Å². The molecule has 0 unspecified atom stereocenters. The number of anilines is 1. The molecule has 9 nitrogen and oxygen atoms in total. The van der Waals surface area contributed by atoms with Crippen molar-refractivity contribution in [3.63, 3.8) is 0 Å². The van der Waals surface area contributed by atoms with Gasteiger partial charge in [0.15, 0.2) is 17.2 Å². The molecule has 0 aliphatic carbocycles. The number of aromatic hydroxyl groups is 1. The first-order chi connectivity index (χ1) is 16.1. The van der Waals surface area contributed by atoms with Crippen LogP contribution in [0.1, 0.15) is 21.7 Å². The van der Waals surface area contributed by atoms with E-state index in [4.69, 9.17) is 5.10 Å². The van der Waals surface area contributed by atoms with Gasteiger partial charge < -0.3 is 10.0 Å². The number of fused-ring (bicyclic) bond motifs is 2. The lowest BCUT2D eigenvalue weighted by molar-refractivity contribution is 0.0975. The van der Waals surface area contributed by atoms with Crippen LogP contribution in [-0.4, -0.2) is 46.9 Å². The Hall–Kier alpha value is -4.53. The molecule has 1 amide bonds. The molecule has 0 radical (unpaired) electrons. The fourth-order valence-corrected chi connectivity index (χ4v) is 4.29. The van der Waals surface area contributed by atoms with Crippen LogP contribution in [0.25, 0.3) is 22.7 Å². The summed E-state index contributed by atoms with van der Waals surface area (Å²) in [5.74, 6) is 0.536. The molecule has 0 bridgehead atoms. The van der Waals surface area contributed by atoms with Gasteiger partial charge in [0.05, 0.1) is 5.69 Å². The minimum atomic E-state index is -0.212. The average Bonchev–Trinajstić information content (AvgIpc) is 3.44. The molecule has 0 saturated heterocycles. The second-order valence-electron chi connectivity index (χ2n) is 7.93. The smallest absolute Gasteiger partial charge is 0.279 e. The third-order valence-electron chi connectivity index (χ3n) is 5.80. The quantitative estimate of drug-likeness (QED) is 0.465. The number of aromatic nitrogens is 6. The Labute approximate surface area is 188 Å². The van der Waals surface area contributed by atoms with Crippen molar-refractivity contribution in [3.05, 3.63) is 84.1 Å². The number of amides is 1. The summed E-state index contributed by atoms with van der Waals surface area (Å²) >= 11 is 0. The largest absolute Gasteiger partial charge is 0.508 e. The summed E-state index contributed by atoms with van der Waals surface area (Å²) in [6.45, 7) is 2.39. The molecule has 1 aliphatic heterocycles. The lowest BCUT2D eigenvalue weighted by Crippen LogP contribution is -2.37. The van der Waals surface area contributed by atoms with E-state index < -0.39 is 0 Å². The number of phenolic OH excluding ortho intramolecular Hbond substituents is 1. The number of hydrogen-bond donors (Lipinski definition) is 1. The standard InChI is InChI=1S/C24H19N7O2/c1-15-4-2-7-21(27-15)31-23(16-8-9-20-25-14-26-30(20)13-16)19-10-11-29(24(33)22(19)28-31)17-5-3-6-18(32)12-17/h2-9,12-14,32H,10-11H2,1H3. The zero-order valence-electron chi connectivity index (χ0n) is 17.8. The molecule has 6 rings (SSSR count). The Morgan fingerprint density at radius 1 is 1.06 bits per heavy atom. The highest BCUT2D eigenvalue weighted by Gasteiger charge is 2.33. The Morgan fingerprint density at radius 2 is 1.94 bits per heavy atom. The molecule has 162 valence electrons. The van der Waals surface area contributed by atoms with E-state index in [2.05, 4.69) is 15.1 Å². The molecule has 0 atom stereocenters. The van der Waals surface area contributed by atoms with Crippen molar-refractivity contribution in [2.75, 3.05) is 11.4 Å². The van der Waals surface area contributed by atoms with E-state index in [1.165, 1.54) is 6.33 Å². The number of hydrogen-bond acceptors (Lipinski definition) is 6. The van der Waals surface area contributed by atoms with Gasteiger partial charge in [0.1, 0.15) is 12.1 Å². The fraction of sp³-hybridized carbons (Fsp3) is 0.125. The molecule has 1 N–H and O–H groups in total. The van der Waals surface area contributed by atoms with Crippen LogP contribution in [0.2, 0.25) is 0 Å². The molecular weight excluding hydrogens is 418 g/mol. The zero-order valence-corrected chi connectivity index (χ0v) is 17.8. The first-order valence-corrected chi connectivity index (χ1v) is 10.5. The highest BCUT2D eigenvalue weighted by atomic mass is 16.3. The van der Waals surface area contributed by atoms with Gasteiger partial charge in [0.2, 0.25) is 0 Å². The third-order valence-corrected chi connectivity index (χ3v) is 5.80. The number of carbonyl (C=O) groups is 1. The number of rotatable bonds is 3. The lowest BCUT2D eigenvalue weighted by atomic mass is 9.99. The van der Waals surface area contributed by atoms with Crippen LogP contribution in [-0.2, 0) is 6.42 Å². The minimum absolute atomic E-state index is 0.113. The zero-order chi connectivity index (χ0) is 22.5. The van der Waals surface area contributed by atoms with Gasteiger partial charge in [-0.3, -0.25) is 4.79 Å². The summed E-state index contributed by atoms with van der Waals surface area (Å²) < 4.78 is 3.44. The van der Waals surface area contributed by atoms with Gasteiger partial charge in [0, 0.05) is 41.3 Å². The van der Waals surface area contributed by atoms with E-state index in [0.29, 0.717) is 30.2 Å². The van der Waals surface area contributed by atoms with Crippen molar-refractivity contribution in [2.24, 2.45) is 0 Å². The molecule has 5 aromatic rings. The van der Waals surface area contributed by atoms with Gasteiger partial charge in [0.25, 0.3) is 5.91 Å². The van der Waals surface area contributed by atoms with Crippen molar-refractivity contribution in [1.82, 2.24) is 29.4 Å². The van der Waals surface area contributed by atoms with Crippen LogP contribution in [0, 0.1) is 6.92 Å². The summed E-state index contributed by atoms with van der Waals surface area (Å²) in [6, 6.07) is 16.3. The maximum atomic E-state index is 13.5. The average molecular weight is 437 g/mol. The van der Waals surface area contributed by atoms with E-state index in [0.717, 1.165) is 28.2 Å². The summed E-state index contributed by atoms with van der Waals surface area (Å²) in [5, 5.41) is 18.9. The van der Waals surface area contributed by atoms with E-state index in [1.54, 1.807) is 38.4 Å². The van der Waals surface area contributed by atoms with E-state index in [9.17, 15) is 9.90 Å². The predicted molar refractivity (Wildman–Crippen MR) is 122 cm³/mol. The van der Waals surface area contributed by atoms with Crippen LogP contribution in [0.15, 0.2) is 67.1 Å². The summed E-state index contributed by atoms with van der Waals surface area (Å²) in [7, 11) is 0. The number of carbonyl (C=O) groups excluding carboxylic acids is 1. The molecular formula is C24H19N7O2. The van der Waals surface area contributed by atoms with Crippen LogP contribution < -0.4 is 4.90 Å². The Bertz CT molecular complexity index is 1540. The molecule has 5 heterocycles. The van der Waals surface area contributed by atoms with Crippen molar-refractivity contribution in [3.8, 4) is 22.8 Å². The molecule has 33 heavy (non-hydrogen) atoms. The molecule has 0 saturated carbocycles. The van der Waals surface area contributed by atoms with Crippen LogP contribution in [0.3, 0.4) is 0 Å². The van der Waals surface area contributed by atoms with Crippen LogP contribution in [0.4, 0.5) is 5.69 Å². The van der Waals surface area contributed by atoms with Gasteiger partial charge in [-0.25, -0.2) is 19.2 Å². The number of nitrogens with zero attached hydrogens (tertiary/aromatic N) is 7. The molecule has 0 fully saturated rings. The van der Waals surface area contributed by atoms with Crippen molar-refractivity contribution in [1.29, 1.82) is 0 Å². The highest BCUT2D eigenvalue weighted by Crippen LogP contribution is 2.34. The fourth-order valence-electron chi connectivity index (χ4n) is 4.29. The number of benzene rings is 1. The second-order valence-corrected chi connectivity index (χ2v) is 7.93. The van der Waals surface area contributed by atoms with E-state index >= 15 is 0 Å². The third kappa shape index (κ3) is 3.13. The SMILES string of the molecule is Cc1cccc(-n2nc3c(c2-c2ccc4ncnn4c2)CCN(c2cccc(O)c2)C3=O)n1. The lowest BCUT2D eigenvalue weighted by Gasteiger charge is -2.26. The summed E-state index contributed by atoms with van der Waals surface area (Å²) in [5.41, 5.74) is 5.14. The Kier molecular flexibility index (Phi) is 4.22. The Morgan fingerprint density at radius 3 is 2.79 bits per heavy atom. The number of phenols is 1.